The van der Waals surface area contributed by atoms with Crippen LogP contribution < -0.4 is 4.90 Å². The van der Waals surface area contributed by atoms with Gasteiger partial charge in [-0.05, 0) is 42.3 Å². The lowest BCUT2D eigenvalue weighted by molar-refractivity contribution is -0.122. The molecule has 1 fully saturated rings. The van der Waals surface area contributed by atoms with Gasteiger partial charge in [0.2, 0.25) is 11.8 Å². The van der Waals surface area contributed by atoms with E-state index in [1.54, 1.807) is 24.3 Å². The zero-order valence-corrected chi connectivity index (χ0v) is 14.2. The van der Waals surface area contributed by atoms with Gasteiger partial charge in [0, 0.05) is 11.4 Å². The Kier molecular flexibility index (Phi) is 4.62. The zero-order valence-electron chi connectivity index (χ0n) is 11.9. The second-order valence-corrected chi connectivity index (χ2v) is 6.65. The molecule has 2 amide bonds. The summed E-state index contributed by atoms with van der Waals surface area (Å²) in [4.78, 5) is 26.0. The molecule has 1 heterocycles. The second kappa shape index (κ2) is 6.52. The summed E-state index contributed by atoms with van der Waals surface area (Å²) in [5.41, 5.74) is 1.42. The van der Waals surface area contributed by atoms with Gasteiger partial charge in [0.25, 0.3) is 0 Å². The molecule has 0 saturated carbocycles. The van der Waals surface area contributed by atoms with E-state index < -0.39 is 0 Å². The SMILES string of the molecule is O=C1C[C@H](Cc2ccc(Cl)cc2)C(=O)N1c1ccc(Cl)c(Cl)c1. The Morgan fingerprint density at radius 1 is 0.957 bits per heavy atom. The van der Waals surface area contributed by atoms with Crippen LogP contribution >= 0.6 is 34.8 Å². The van der Waals surface area contributed by atoms with E-state index in [1.807, 2.05) is 12.1 Å². The molecule has 2 aromatic rings. The van der Waals surface area contributed by atoms with Crippen LogP contribution in [-0.2, 0) is 16.0 Å². The van der Waals surface area contributed by atoms with Crippen molar-refractivity contribution in [3.63, 3.8) is 0 Å². The zero-order chi connectivity index (χ0) is 16.6. The molecule has 0 N–H and O–H groups in total. The molecule has 0 unspecified atom stereocenters. The van der Waals surface area contributed by atoms with E-state index >= 15 is 0 Å². The molecular formula is C17H12Cl3NO2. The minimum absolute atomic E-state index is 0.182. The lowest BCUT2D eigenvalue weighted by atomic mass is 9.98. The summed E-state index contributed by atoms with van der Waals surface area (Å²) >= 11 is 17.7. The van der Waals surface area contributed by atoms with Gasteiger partial charge in [-0.3, -0.25) is 14.5 Å². The Morgan fingerprint density at radius 2 is 1.65 bits per heavy atom. The lowest BCUT2D eigenvalue weighted by Crippen LogP contribution is -2.30. The first-order valence-electron chi connectivity index (χ1n) is 7.02. The Balaban J connectivity index is 1.82. The molecule has 1 aliphatic heterocycles. The van der Waals surface area contributed by atoms with Crippen molar-refractivity contribution < 1.29 is 9.59 Å². The molecule has 3 nitrogen and oxygen atoms in total. The number of hydrogen-bond acceptors (Lipinski definition) is 2. The Bertz CT molecular complexity index is 774. The highest BCUT2D eigenvalue weighted by atomic mass is 35.5. The molecule has 1 atom stereocenters. The molecule has 1 aliphatic rings. The smallest absolute Gasteiger partial charge is 0.237 e. The Hall–Kier alpha value is -1.55. The minimum Gasteiger partial charge on any atom is -0.274 e. The van der Waals surface area contributed by atoms with E-state index in [4.69, 9.17) is 34.8 Å². The maximum absolute atomic E-state index is 12.6. The Morgan fingerprint density at radius 3 is 2.30 bits per heavy atom. The third-order valence-electron chi connectivity index (χ3n) is 3.80. The number of anilines is 1. The molecule has 3 rings (SSSR count). The third kappa shape index (κ3) is 3.37. The lowest BCUT2D eigenvalue weighted by Gasteiger charge is -2.15. The average Bonchev–Trinajstić information content (AvgIpc) is 2.79. The highest BCUT2D eigenvalue weighted by molar-refractivity contribution is 6.42. The van der Waals surface area contributed by atoms with Crippen LogP contribution in [-0.4, -0.2) is 11.8 Å². The molecule has 23 heavy (non-hydrogen) atoms. The van der Waals surface area contributed by atoms with E-state index in [9.17, 15) is 9.59 Å². The normalized spacial score (nSPS) is 17.9. The van der Waals surface area contributed by atoms with Crippen molar-refractivity contribution in [2.75, 3.05) is 4.90 Å². The van der Waals surface area contributed by atoms with Crippen molar-refractivity contribution in [1.82, 2.24) is 0 Å². The standard InChI is InChI=1S/C17H12Cl3NO2/c18-12-3-1-10(2-4-12)7-11-8-16(22)21(17(11)23)13-5-6-14(19)15(20)9-13/h1-6,9,11H,7-8H2/t11-/m0/s1. The van der Waals surface area contributed by atoms with Crippen LogP contribution in [0, 0.1) is 5.92 Å². The van der Waals surface area contributed by atoms with Gasteiger partial charge in [-0.1, -0.05) is 46.9 Å². The predicted octanol–water partition coefficient (Wildman–Crippen LogP) is 4.77. The summed E-state index contributed by atoms with van der Waals surface area (Å²) in [6, 6.07) is 12.0. The van der Waals surface area contributed by atoms with E-state index in [1.165, 1.54) is 11.0 Å². The number of hydrogen-bond donors (Lipinski definition) is 0. The van der Waals surface area contributed by atoms with Gasteiger partial charge >= 0.3 is 0 Å². The Labute approximate surface area is 148 Å². The van der Waals surface area contributed by atoms with E-state index in [2.05, 4.69) is 0 Å². The number of rotatable bonds is 3. The topological polar surface area (TPSA) is 37.4 Å². The van der Waals surface area contributed by atoms with Gasteiger partial charge in [-0.25, -0.2) is 0 Å². The van der Waals surface area contributed by atoms with Crippen LogP contribution in [0.15, 0.2) is 42.5 Å². The largest absolute Gasteiger partial charge is 0.274 e. The number of amides is 2. The maximum atomic E-state index is 12.6. The summed E-state index contributed by atoms with van der Waals surface area (Å²) in [6.07, 6.45) is 0.682. The predicted molar refractivity (Wildman–Crippen MR) is 92.2 cm³/mol. The fourth-order valence-corrected chi connectivity index (χ4v) is 3.07. The van der Waals surface area contributed by atoms with Gasteiger partial charge in [0.1, 0.15) is 0 Å². The fraction of sp³-hybridized carbons (Fsp3) is 0.176. The van der Waals surface area contributed by atoms with E-state index in [0.29, 0.717) is 27.2 Å². The van der Waals surface area contributed by atoms with Gasteiger partial charge in [0.05, 0.1) is 21.7 Å². The highest BCUT2D eigenvalue weighted by Crippen LogP contribution is 2.32. The van der Waals surface area contributed by atoms with Crippen molar-refractivity contribution >= 4 is 52.3 Å². The molecule has 0 aromatic heterocycles. The van der Waals surface area contributed by atoms with Gasteiger partial charge < -0.3 is 0 Å². The van der Waals surface area contributed by atoms with E-state index in [-0.39, 0.29) is 24.2 Å². The van der Waals surface area contributed by atoms with Gasteiger partial charge in [-0.15, -0.1) is 0 Å². The average molecular weight is 369 g/mol. The van der Waals surface area contributed by atoms with Crippen molar-refractivity contribution in [2.24, 2.45) is 5.92 Å². The number of nitrogens with zero attached hydrogens (tertiary/aromatic N) is 1. The number of carbonyl (C=O) groups is 2. The van der Waals surface area contributed by atoms with E-state index in [0.717, 1.165) is 5.56 Å². The van der Waals surface area contributed by atoms with Crippen molar-refractivity contribution in [1.29, 1.82) is 0 Å². The summed E-state index contributed by atoms with van der Waals surface area (Å²) in [7, 11) is 0. The molecule has 0 bridgehead atoms. The first-order chi connectivity index (χ1) is 11.0. The quantitative estimate of drug-likeness (QED) is 0.732. The van der Waals surface area contributed by atoms with Crippen LogP contribution in [0.3, 0.4) is 0 Å². The second-order valence-electron chi connectivity index (χ2n) is 5.40. The summed E-state index contributed by atoms with van der Waals surface area (Å²) < 4.78 is 0. The minimum atomic E-state index is -0.377. The van der Waals surface area contributed by atoms with Gasteiger partial charge in [-0.2, -0.15) is 0 Å². The molecule has 6 heteroatoms. The summed E-state index contributed by atoms with van der Waals surface area (Å²) in [6.45, 7) is 0. The molecule has 0 radical (unpaired) electrons. The molecule has 1 saturated heterocycles. The molecule has 0 spiro atoms. The van der Waals surface area contributed by atoms with Crippen molar-refractivity contribution in [3.05, 3.63) is 63.1 Å². The summed E-state index contributed by atoms with van der Waals surface area (Å²) in [5.74, 6) is -0.825. The summed E-state index contributed by atoms with van der Waals surface area (Å²) in [5, 5.41) is 1.33. The number of benzene rings is 2. The van der Waals surface area contributed by atoms with Crippen molar-refractivity contribution in [2.45, 2.75) is 12.8 Å². The molecule has 2 aromatic carbocycles. The highest BCUT2D eigenvalue weighted by Gasteiger charge is 2.39. The molecular weight excluding hydrogens is 357 g/mol. The van der Waals surface area contributed by atoms with Crippen molar-refractivity contribution in [3.8, 4) is 0 Å². The third-order valence-corrected chi connectivity index (χ3v) is 4.79. The fourth-order valence-electron chi connectivity index (χ4n) is 2.65. The first kappa shape index (κ1) is 16.3. The van der Waals surface area contributed by atoms with Crippen LogP contribution in [0.1, 0.15) is 12.0 Å². The molecule has 0 aliphatic carbocycles. The number of halogens is 3. The van der Waals surface area contributed by atoms with Crippen LogP contribution in [0.25, 0.3) is 0 Å². The maximum Gasteiger partial charge on any atom is 0.237 e. The first-order valence-corrected chi connectivity index (χ1v) is 8.15. The number of imide groups is 1. The van der Waals surface area contributed by atoms with Crippen LogP contribution in [0.2, 0.25) is 15.1 Å². The molecule has 118 valence electrons. The van der Waals surface area contributed by atoms with Crippen LogP contribution in [0.5, 0.6) is 0 Å². The van der Waals surface area contributed by atoms with Crippen LogP contribution in [0.4, 0.5) is 5.69 Å². The monoisotopic (exact) mass is 367 g/mol. The number of carbonyl (C=O) groups excluding carboxylic acids is 2. The van der Waals surface area contributed by atoms with Gasteiger partial charge in [0.15, 0.2) is 0 Å².